The summed E-state index contributed by atoms with van der Waals surface area (Å²) in [6.45, 7) is 2.73. The molecule has 0 spiro atoms. The second-order valence-corrected chi connectivity index (χ2v) is 5.57. The maximum atomic E-state index is 11.7. The Labute approximate surface area is 108 Å². The molecule has 0 radical (unpaired) electrons. The number of sulfonamides is 1. The van der Waals surface area contributed by atoms with E-state index in [4.69, 9.17) is 10.6 Å². The van der Waals surface area contributed by atoms with Gasteiger partial charge in [0, 0.05) is 6.54 Å². The van der Waals surface area contributed by atoms with Crippen molar-refractivity contribution in [1.29, 1.82) is 0 Å². The van der Waals surface area contributed by atoms with Gasteiger partial charge in [-0.25, -0.2) is 13.1 Å². The van der Waals surface area contributed by atoms with Crippen LogP contribution in [0.3, 0.4) is 0 Å². The van der Waals surface area contributed by atoms with Gasteiger partial charge in [-0.15, -0.1) is 0 Å². The molecule has 0 fully saturated rings. The number of nitrogen functional groups attached to an aromatic ring is 1. The Morgan fingerprint density at radius 1 is 1.44 bits per heavy atom. The lowest BCUT2D eigenvalue weighted by molar-refractivity contribution is 0.167. The van der Waals surface area contributed by atoms with Crippen LogP contribution in [0.1, 0.15) is 13.3 Å². The number of rotatable bonds is 6. The summed E-state index contributed by atoms with van der Waals surface area (Å²) in [4.78, 5) is 5.27. The second kappa shape index (κ2) is 6.03. The van der Waals surface area contributed by atoms with E-state index >= 15 is 0 Å². The van der Waals surface area contributed by atoms with E-state index in [2.05, 4.69) is 4.72 Å². The number of hydrogen-bond acceptors (Lipinski definition) is 5. The lowest BCUT2D eigenvalue weighted by Gasteiger charge is -2.21. The highest BCUT2D eigenvalue weighted by Gasteiger charge is 2.16. The minimum atomic E-state index is -3.52. The summed E-state index contributed by atoms with van der Waals surface area (Å²) in [5.41, 5.74) is 6.69. The number of benzene rings is 1. The molecule has 0 unspecified atom stereocenters. The first-order valence-corrected chi connectivity index (χ1v) is 7.09. The standard InChI is InChI=1S/C11H19N3O3S/c1-4-7-14(17-3)9-5-6-11(10(12)8-9)18(15,16)13-2/h5-6,8,13H,4,7,12H2,1-3H3. The largest absolute Gasteiger partial charge is 0.398 e. The smallest absolute Gasteiger partial charge is 0.242 e. The van der Waals surface area contributed by atoms with Gasteiger partial charge in [-0.2, -0.15) is 0 Å². The summed E-state index contributed by atoms with van der Waals surface area (Å²) in [6, 6.07) is 4.72. The molecule has 1 aromatic rings. The first-order valence-electron chi connectivity index (χ1n) is 5.61. The van der Waals surface area contributed by atoms with Crippen LogP contribution in [0.25, 0.3) is 0 Å². The monoisotopic (exact) mass is 273 g/mol. The van der Waals surface area contributed by atoms with Crippen LogP contribution in [0.15, 0.2) is 23.1 Å². The van der Waals surface area contributed by atoms with Crippen molar-refractivity contribution in [2.24, 2.45) is 0 Å². The molecule has 7 heteroatoms. The third-order valence-electron chi connectivity index (χ3n) is 2.49. The maximum Gasteiger partial charge on any atom is 0.242 e. The number of nitrogens with two attached hydrogens (primary N) is 1. The Morgan fingerprint density at radius 2 is 2.11 bits per heavy atom. The number of nitrogens with one attached hydrogen (secondary N) is 1. The van der Waals surface area contributed by atoms with Crippen LogP contribution in [0.4, 0.5) is 11.4 Å². The molecule has 0 saturated carbocycles. The Morgan fingerprint density at radius 3 is 2.56 bits per heavy atom. The van der Waals surface area contributed by atoms with E-state index in [1.807, 2.05) is 6.92 Å². The maximum absolute atomic E-state index is 11.7. The average molecular weight is 273 g/mol. The summed E-state index contributed by atoms with van der Waals surface area (Å²) in [5.74, 6) is 0. The lowest BCUT2D eigenvalue weighted by atomic mass is 10.2. The van der Waals surface area contributed by atoms with Gasteiger partial charge in [-0.05, 0) is 31.7 Å². The van der Waals surface area contributed by atoms with Crippen LogP contribution < -0.4 is 15.5 Å². The molecule has 0 aliphatic rings. The van der Waals surface area contributed by atoms with Gasteiger partial charge in [0.2, 0.25) is 10.0 Å². The fourth-order valence-corrected chi connectivity index (χ4v) is 2.41. The number of hydrogen-bond donors (Lipinski definition) is 2. The fraction of sp³-hybridized carbons (Fsp3) is 0.455. The topological polar surface area (TPSA) is 84.7 Å². The molecule has 3 N–H and O–H groups in total. The molecule has 0 aliphatic carbocycles. The van der Waals surface area contributed by atoms with Crippen LogP contribution in [0, 0.1) is 0 Å². The van der Waals surface area contributed by atoms with Crippen LogP contribution >= 0.6 is 0 Å². The average Bonchev–Trinajstić information content (AvgIpc) is 2.35. The first-order chi connectivity index (χ1) is 8.46. The summed E-state index contributed by atoms with van der Waals surface area (Å²) >= 11 is 0. The molecule has 1 aromatic carbocycles. The predicted octanol–water partition coefficient (Wildman–Crippen LogP) is 0.955. The minimum Gasteiger partial charge on any atom is -0.398 e. The van der Waals surface area contributed by atoms with E-state index in [0.717, 1.165) is 12.1 Å². The van der Waals surface area contributed by atoms with Gasteiger partial charge in [-0.1, -0.05) is 6.92 Å². The highest BCUT2D eigenvalue weighted by molar-refractivity contribution is 7.89. The van der Waals surface area contributed by atoms with Crippen molar-refractivity contribution in [3.8, 4) is 0 Å². The number of nitrogens with zero attached hydrogens (tertiary/aromatic N) is 1. The zero-order valence-corrected chi connectivity index (χ0v) is 11.6. The first kappa shape index (κ1) is 14.7. The normalized spacial score (nSPS) is 11.5. The molecule has 0 aromatic heterocycles. The van der Waals surface area contributed by atoms with Gasteiger partial charge in [0.15, 0.2) is 0 Å². The van der Waals surface area contributed by atoms with Crippen LogP contribution in [0.2, 0.25) is 0 Å². The molecular formula is C11H19N3O3S. The SMILES string of the molecule is CCCN(OC)c1ccc(S(=O)(=O)NC)c(N)c1. The van der Waals surface area contributed by atoms with Crippen molar-refractivity contribution in [2.45, 2.75) is 18.2 Å². The number of anilines is 2. The molecule has 0 heterocycles. The fourth-order valence-electron chi connectivity index (χ4n) is 1.57. The van der Waals surface area contributed by atoms with Gasteiger partial charge in [0.25, 0.3) is 0 Å². The molecule has 102 valence electrons. The highest BCUT2D eigenvalue weighted by Crippen LogP contribution is 2.24. The van der Waals surface area contributed by atoms with Crippen molar-refractivity contribution in [1.82, 2.24) is 4.72 Å². The van der Waals surface area contributed by atoms with Crippen molar-refractivity contribution >= 4 is 21.4 Å². The molecule has 0 atom stereocenters. The van der Waals surface area contributed by atoms with Crippen molar-refractivity contribution in [2.75, 3.05) is 31.5 Å². The Kier molecular flexibility index (Phi) is 4.94. The predicted molar refractivity (Wildman–Crippen MR) is 71.7 cm³/mol. The zero-order valence-electron chi connectivity index (χ0n) is 10.8. The third kappa shape index (κ3) is 3.12. The molecule has 0 saturated heterocycles. The van der Waals surface area contributed by atoms with Gasteiger partial charge in [0.05, 0.1) is 18.5 Å². The van der Waals surface area contributed by atoms with Gasteiger partial charge >= 0.3 is 0 Å². The third-order valence-corrected chi connectivity index (χ3v) is 3.97. The van der Waals surface area contributed by atoms with Crippen LogP contribution in [-0.4, -0.2) is 29.1 Å². The quantitative estimate of drug-likeness (QED) is 0.595. The van der Waals surface area contributed by atoms with Crippen LogP contribution in [-0.2, 0) is 14.9 Å². The van der Waals surface area contributed by atoms with E-state index < -0.39 is 10.0 Å². The van der Waals surface area contributed by atoms with Gasteiger partial charge < -0.3 is 5.73 Å². The van der Waals surface area contributed by atoms with E-state index in [0.29, 0.717) is 6.54 Å². The van der Waals surface area contributed by atoms with Crippen molar-refractivity contribution < 1.29 is 13.3 Å². The Balaban J connectivity index is 3.13. The van der Waals surface area contributed by atoms with E-state index in [-0.39, 0.29) is 10.6 Å². The van der Waals surface area contributed by atoms with Crippen LogP contribution in [0.5, 0.6) is 0 Å². The van der Waals surface area contributed by atoms with Gasteiger partial charge in [-0.3, -0.25) is 9.90 Å². The molecular weight excluding hydrogens is 254 g/mol. The molecule has 6 nitrogen and oxygen atoms in total. The van der Waals surface area contributed by atoms with Crippen molar-refractivity contribution in [3.63, 3.8) is 0 Å². The molecule has 18 heavy (non-hydrogen) atoms. The van der Waals surface area contributed by atoms with E-state index in [1.165, 1.54) is 13.1 Å². The minimum absolute atomic E-state index is 0.0706. The highest BCUT2D eigenvalue weighted by atomic mass is 32.2. The van der Waals surface area contributed by atoms with Crippen molar-refractivity contribution in [3.05, 3.63) is 18.2 Å². The lowest BCUT2D eigenvalue weighted by Crippen LogP contribution is -2.23. The summed E-state index contributed by atoms with van der Waals surface area (Å²) in [7, 11) is -0.617. The Bertz CT molecular complexity index is 502. The van der Waals surface area contributed by atoms with Gasteiger partial charge in [0.1, 0.15) is 4.90 Å². The zero-order chi connectivity index (χ0) is 13.8. The number of hydroxylamine groups is 1. The summed E-state index contributed by atoms with van der Waals surface area (Å²) in [5, 5.41) is 1.66. The molecule has 0 amide bonds. The van der Waals surface area contributed by atoms with E-state index in [1.54, 1.807) is 24.3 Å². The Hall–Kier alpha value is -1.31. The molecule has 0 bridgehead atoms. The summed E-state index contributed by atoms with van der Waals surface area (Å²) < 4.78 is 25.6. The molecule has 1 rings (SSSR count). The van der Waals surface area contributed by atoms with E-state index in [9.17, 15) is 8.42 Å². The summed E-state index contributed by atoms with van der Waals surface area (Å²) in [6.07, 6.45) is 0.907. The second-order valence-electron chi connectivity index (χ2n) is 3.71. The molecule has 0 aliphatic heterocycles.